The predicted molar refractivity (Wildman–Crippen MR) is 95.3 cm³/mol. The fraction of sp³-hybridized carbons (Fsp3) is 0.150. The molecule has 0 aliphatic carbocycles. The fourth-order valence-electron chi connectivity index (χ4n) is 2.67. The number of fused-ring (bicyclic) bond motifs is 1. The Labute approximate surface area is 149 Å². The standard InChI is InChI=1S/C20H16O6/c1-11-9-10-15(24-12(2)21)17-18(23)16(14-7-5-4-6-8-14)20(25-13(3)22)26-19(11)17/h4-10H,1-3H3. The summed E-state index contributed by atoms with van der Waals surface area (Å²) in [6.45, 7) is 4.21. The van der Waals surface area contributed by atoms with E-state index in [1.807, 2.05) is 0 Å². The van der Waals surface area contributed by atoms with Crippen molar-refractivity contribution in [3.8, 4) is 22.8 Å². The van der Waals surface area contributed by atoms with Gasteiger partial charge in [0.05, 0.1) is 0 Å². The summed E-state index contributed by atoms with van der Waals surface area (Å²) in [5.41, 5.74) is 1.00. The highest BCUT2D eigenvalue weighted by Gasteiger charge is 2.23. The van der Waals surface area contributed by atoms with Gasteiger partial charge in [-0.15, -0.1) is 0 Å². The van der Waals surface area contributed by atoms with Crippen molar-refractivity contribution in [2.75, 3.05) is 0 Å². The van der Waals surface area contributed by atoms with Crippen molar-refractivity contribution in [1.29, 1.82) is 0 Å². The van der Waals surface area contributed by atoms with Gasteiger partial charge in [0.1, 0.15) is 22.3 Å². The van der Waals surface area contributed by atoms with Crippen LogP contribution in [0.1, 0.15) is 19.4 Å². The number of rotatable bonds is 3. The van der Waals surface area contributed by atoms with Crippen LogP contribution in [-0.4, -0.2) is 11.9 Å². The van der Waals surface area contributed by atoms with Crippen LogP contribution < -0.4 is 14.9 Å². The van der Waals surface area contributed by atoms with Gasteiger partial charge in [0.25, 0.3) is 0 Å². The van der Waals surface area contributed by atoms with E-state index in [1.54, 1.807) is 43.3 Å². The summed E-state index contributed by atoms with van der Waals surface area (Å²) >= 11 is 0. The first-order valence-electron chi connectivity index (χ1n) is 7.91. The molecule has 1 aromatic heterocycles. The molecular formula is C20H16O6. The van der Waals surface area contributed by atoms with Gasteiger partial charge in [0.15, 0.2) is 0 Å². The molecule has 2 aromatic carbocycles. The van der Waals surface area contributed by atoms with Crippen LogP contribution in [0.15, 0.2) is 51.7 Å². The van der Waals surface area contributed by atoms with Crippen molar-refractivity contribution < 1.29 is 23.5 Å². The molecule has 3 aromatic rings. The average Bonchev–Trinajstić information content (AvgIpc) is 2.57. The number of aryl methyl sites for hydroxylation is 1. The Morgan fingerprint density at radius 3 is 2.19 bits per heavy atom. The minimum atomic E-state index is -0.613. The second-order valence-electron chi connectivity index (χ2n) is 5.73. The monoisotopic (exact) mass is 352 g/mol. The van der Waals surface area contributed by atoms with Crippen LogP contribution in [0, 0.1) is 6.92 Å². The van der Waals surface area contributed by atoms with E-state index in [2.05, 4.69) is 0 Å². The first-order valence-corrected chi connectivity index (χ1v) is 7.91. The largest absolute Gasteiger partial charge is 0.426 e. The highest BCUT2D eigenvalue weighted by atomic mass is 16.6. The van der Waals surface area contributed by atoms with Crippen molar-refractivity contribution >= 4 is 22.9 Å². The lowest BCUT2D eigenvalue weighted by Crippen LogP contribution is -2.13. The third-order valence-electron chi connectivity index (χ3n) is 3.72. The van der Waals surface area contributed by atoms with Gasteiger partial charge in [-0.25, -0.2) is 0 Å². The minimum absolute atomic E-state index is 0.0901. The van der Waals surface area contributed by atoms with Crippen LogP contribution in [0.2, 0.25) is 0 Å². The zero-order chi connectivity index (χ0) is 18.8. The Hall–Kier alpha value is -3.41. The SMILES string of the molecule is CC(=O)Oc1oc2c(C)ccc(OC(C)=O)c2c(=O)c1-c1ccccc1. The van der Waals surface area contributed by atoms with Crippen LogP contribution in [0.3, 0.4) is 0 Å². The van der Waals surface area contributed by atoms with Gasteiger partial charge in [-0.05, 0) is 24.1 Å². The molecule has 0 bridgehead atoms. The maximum atomic E-state index is 13.2. The topological polar surface area (TPSA) is 82.8 Å². The molecule has 0 aliphatic rings. The van der Waals surface area contributed by atoms with Crippen LogP contribution in [0.4, 0.5) is 0 Å². The molecule has 3 rings (SSSR count). The molecule has 6 nitrogen and oxygen atoms in total. The molecule has 0 saturated carbocycles. The average molecular weight is 352 g/mol. The fourth-order valence-corrected chi connectivity index (χ4v) is 2.67. The highest BCUT2D eigenvalue weighted by Crippen LogP contribution is 2.35. The first-order chi connectivity index (χ1) is 12.4. The van der Waals surface area contributed by atoms with Gasteiger partial charge >= 0.3 is 17.9 Å². The molecule has 1 heterocycles. The van der Waals surface area contributed by atoms with E-state index in [9.17, 15) is 14.4 Å². The smallest absolute Gasteiger partial charge is 0.310 e. The van der Waals surface area contributed by atoms with Crippen molar-refractivity contribution in [2.24, 2.45) is 0 Å². The molecule has 26 heavy (non-hydrogen) atoms. The van der Waals surface area contributed by atoms with Gasteiger partial charge in [0, 0.05) is 13.8 Å². The van der Waals surface area contributed by atoms with Gasteiger partial charge in [-0.2, -0.15) is 0 Å². The summed E-state index contributed by atoms with van der Waals surface area (Å²) in [6.07, 6.45) is 0. The van der Waals surface area contributed by atoms with E-state index in [1.165, 1.54) is 19.9 Å². The Balaban J connectivity index is 2.43. The van der Waals surface area contributed by atoms with Crippen LogP contribution >= 0.6 is 0 Å². The quantitative estimate of drug-likeness (QED) is 0.529. The van der Waals surface area contributed by atoms with Crippen LogP contribution in [0.5, 0.6) is 11.7 Å². The number of ether oxygens (including phenoxy) is 2. The maximum absolute atomic E-state index is 13.2. The number of benzene rings is 2. The molecule has 6 heteroatoms. The van der Waals surface area contributed by atoms with E-state index in [4.69, 9.17) is 13.9 Å². The zero-order valence-electron chi connectivity index (χ0n) is 14.5. The molecule has 0 spiro atoms. The van der Waals surface area contributed by atoms with Gasteiger partial charge in [-0.1, -0.05) is 36.4 Å². The molecule has 0 radical (unpaired) electrons. The van der Waals surface area contributed by atoms with Gasteiger partial charge in [-0.3, -0.25) is 14.4 Å². The van der Waals surface area contributed by atoms with E-state index in [0.717, 1.165) is 0 Å². The molecule has 0 amide bonds. The van der Waals surface area contributed by atoms with E-state index in [0.29, 0.717) is 11.1 Å². The number of esters is 2. The van der Waals surface area contributed by atoms with E-state index >= 15 is 0 Å². The van der Waals surface area contributed by atoms with Crippen molar-refractivity contribution in [1.82, 2.24) is 0 Å². The van der Waals surface area contributed by atoms with Crippen LogP contribution in [0.25, 0.3) is 22.1 Å². The second kappa shape index (κ2) is 6.84. The lowest BCUT2D eigenvalue weighted by molar-refractivity contribution is -0.133. The summed E-state index contributed by atoms with van der Waals surface area (Å²) < 4.78 is 16.1. The molecule has 0 unspecified atom stereocenters. The summed E-state index contributed by atoms with van der Waals surface area (Å²) in [5.74, 6) is -1.26. The Morgan fingerprint density at radius 1 is 0.923 bits per heavy atom. The lowest BCUT2D eigenvalue weighted by atomic mass is 10.0. The second-order valence-corrected chi connectivity index (χ2v) is 5.73. The summed E-state index contributed by atoms with van der Waals surface area (Å²) in [6, 6.07) is 11.9. The first kappa shape index (κ1) is 17.4. The molecule has 0 saturated heterocycles. The highest BCUT2D eigenvalue weighted by molar-refractivity contribution is 5.92. The maximum Gasteiger partial charge on any atom is 0.310 e. The molecular weight excluding hydrogens is 336 g/mol. The minimum Gasteiger partial charge on any atom is -0.426 e. The number of carbonyl (C=O) groups is 2. The van der Waals surface area contributed by atoms with Crippen molar-refractivity contribution in [3.63, 3.8) is 0 Å². The summed E-state index contributed by atoms with van der Waals surface area (Å²) in [4.78, 5) is 36.1. The van der Waals surface area contributed by atoms with Gasteiger partial charge in [0.2, 0.25) is 5.43 Å². The third kappa shape index (κ3) is 3.21. The molecule has 0 fully saturated rings. The summed E-state index contributed by atoms with van der Waals surface area (Å²) in [5, 5.41) is 0.120. The summed E-state index contributed by atoms with van der Waals surface area (Å²) in [7, 11) is 0. The Morgan fingerprint density at radius 2 is 1.58 bits per heavy atom. The lowest BCUT2D eigenvalue weighted by Gasteiger charge is -2.12. The number of hydrogen-bond donors (Lipinski definition) is 0. The molecule has 0 aliphatic heterocycles. The predicted octanol–water partition coefficient (Wildman–Crippen LogP) is 3.62. The zero-order valence-corrected chi connectivity index (χ0v) is 14.5. The van der Waals surface area contributed by atoms with Crippen molar-refractivity contribution in [3.05, 3.63) is 58.3 Å². The molecule has 132 valence electrons. The number of hydrogen-bond acceptors (Lipinski definition) is 6. The van der Waals surface area contributed by atoms with Crippen molar-refractivity contribution in [2.45, 2.75) is 20.8 Å². The van der Waals surface area contributed by atoms with Gasteiger partial charge < -0.3 is 13.9 Å². The Kier molecular flexibility index (Phi) is 4.58. The third-order valence-corrected chi connectivity index (χ3v) is 3.72. The van der Waals surface area contributed by atoms with Crippen LogP contribution in [-0.2, 0) is 9.59 Å². The molecule has 0 N–H and O–H groups in total. The normalized spacial score (nSPS) is 10.6. The van der Waals surface area contributed by atoms with E-state index < -0.39 is 17.4 Å². The number of carbonyl (C=O) groups excluding carboxylic acids is 2. The Bertz CT molecular complexity index is 1060. The van der Waals surface area contributed by atoms with E-state index in [-0.39, 0.29) is 28.2 Å². The molecule has 0 atom stereocenters.